The summed E-state index contributed by atoms with van der Waals surface area (Å²) < 4.78 is 13.3. The number of fused-ring (bicyclic) bond motifs is 3. The first-order valence-corrected chi connectivity index (χ1v) is 10.1. The van der Waals surface area contributed by atoms with Crippen LogP contribution in [0, 0.1) is 12.8 Å². The molecule has 3 aromatic heterocycles. The Hall–Kier alpha value is -2.93. The van der Waals surface area contributed by atoms with Crippen molar-refractivity contribution < 1.29 is 13.9 Å². The predicted octanol–water partition coefficient (Wildman–Crippen LogP) is 2.76. The van der Waals surface area contributed by atoms with Crippen molar-refractivity contribution in [3.8, 4) is 11.3 Å². The van der Waals surface area contributed by atoms with Gasteiger partial charge in [0.15, 0.2) is 5.76 Å². The van der Waals surface area contributed by atoms with Crippen molar-refractivity contribution in [2.75, 3.05) is 19.8 Å². The monoisotopic (exact) mass is 392 g/mol. The van der Waals surface area contributed by atoms with Crippen LogP contribution in [0.5, 0.6) is 0 Å². The number of nitrogens with one attached hydrogen (secondary N) is 1. The minimum absolute atomic E-state index is 0.154. The number of rotatable bonds is 5. The van der Waals surface area contributed by atoms with Gasteiger partial charge in [-0.3, -0.25) is 14.5 Å². The number of aryl methyl sites for hydroxylation is 2. The summed E-state index contributed by atoms with van der Waals surface area (Å²) >= 11 is 0. The van der Waals surface area contributed by atoms with Gasteiger partial charge in [-0.05, 0) is 37.5 Å². The molecule has 0 radical (unpaired) electrons. The van der Waals surface area contributed by atoms with Crippen molar-refractivity contribution in [2.24, 2.45) is 5.92 Å². The molecule has 1 N–H and O–H groups in total. The highest BCUT2D eigenvalue weighted by Gasteiger charge is 2.30. The Bertz CT molecular complexity index is 1030. The van der Waals surface area contributed by atoms with E-state index < -0.39 is 0 Å². The molecule has 0 spiro atoms. The lowest BCUT2D eigenvalue weighted by Gasteiger charge is -2.09. The summed E-state index contributed by atoms with van der Waals surface area (Å²) in [6.07, 6.45) is 6.50. The van der Waals surface area contributed by atoms with Crippen molar-refractivity contribution in [1.82, 2.24) is 20.1 Å². The normalized spacial score (nSPS) is 17.8. The largest absolute Gasteiger partial charge is 0.455 e. The van der Waals surface area contributed by atoms with E-state index in [0.717, 1.165) is 54.1 Å². The molecule has 1 saturated heterocycles. The van der Waals surface area contributed by atoms with Crippen LogP contribution in [0.15, 0.2) is 35.0 Å². The second-order valence-corrected chi connectivity index (χ2v) is 7.82. The van der Waals surface area contributed by atoms with Gasteiger partial charge in [0.25, 0.3) is 5.91 Å². The second kappa shape index (κ2) is 7.48. The van der Waals surface area contributed by atoms with Crippen LogP contribution in [-0.4, -0.2) is 40.4 Å². The number of ether oxygens (including phenoxy) is 1. The number of carbonyl (C=O) groups excluding carboxylic acids is 1. The van der Waals surface area contributed by atoms with E-state index in [0.29, 0.717) is 31.4 Å². The van der Waals surface area contributed by atoms with Crippen molar-refractivity contribution in [2.45, 2.75) is 32.7 Å². The van der Waals surface area contributed by atoms with Gasteiger partial charge in [0.2, 0.25) is 0 Å². The minimum Gasteiger partial charge on any atom is -0.455 e. The van der Waals surface area contributed by atoms with Crippen molar-refractivity contribution >= 4 is 5.91 Å². The molecule has 7 nitrogen and oxygen atoms in total. The van der Waals surface area contributed by atoms with Gasteiger partial charge in [-0.15, -0.1) is 0 Å². The molecule has 1 atom stereocenters. The first kappa shape index (κ1) is 18.1. The average molecular weight is 392 g/mol. The molecule has 29 heavy (non-hydrogen) atoms. The summed E-state index contributed by atoms with van der Waals surface area (Å²) in [6.45, 7) is 4.68. The Morgan fingerprint density at radius 2 is 2.28 bits per heavy atom. The number of carbonyl (C=O) groups is 1. The summed E-state index contributed by atoms with van der Waals surface area (Å²) in [5.74, 6) is 1.49. The van der Waals surface area contributed by atoms with Gasteiger partial charge in [0.05, 0.1) is 24.5 Å². The summed E-state index contributed by atoms with van der Waals surface area (Å²) in [4.78, 5) is 17.1. The zero-order chi connectivity index (χ0) is 19.8. The Morgan fingerprint density at radius 1 is 1.34 bits per heavy atom. The van der Waals surface area contributed by atoms with E-state index >= 15 is 0 Å². The van der Waals surface area contributed by atoms with Crippen LogP contribution >= 0.6 is 0 Å². The summed E-state index contributed by atoms with van der Waals surface area (Å²) in [6, 6.07) is 5.88. The molecule has 0 bridgehead atoms. The standard InChI is InChI=1S/C22H24N4O3/c1-14-19-18(29-21(14)22(27)24-10-15-7-9-28-13-15)6-5-16-11-26(25-20(16)19)12-17-4-2-3-8-23-17/h2-4,8,11,15H,5-7,9-10,12-13H2,1H3,(H,24,27)/t15-/m1/s1. The number of hydrogen-bond acceptors (Lipinski definition) is 5. The van der Waals surface area contributed by atoms with Crippen molar-refractivity contribution in [3.05, 3.63) is 58.9 Å². The Labute approximate surface area is 169 Å². The number of nitrogens with zero attached hydrogens (tertiary/aromatic N) is 3. The molecule has 0 saturated carbocycles. The quantitative estimate of drug-likeness (QED) is 0.722. The molecule has 7 heteroatoms. The van der Waals surface area contributed by atoms with Crippen LogP contribution in [0.1, 0.15) is 39.6 Å². The van der Waals surface area contributed by atoms with Crippen LogP contribution in [0.3, 0.4) is 0 Å². The third-order valence-corrected chi connectivity index (χ3v) is 5.75. The Kier molecular flexibility index (Phi) is 4.67. The second-order valence-electron chi connectivity index (χ2n) is 7.82. The van der Waals surface area contributed by atoms with E-state index in [1.165, 1.54) is 5.56 Å². The fourth-order valence-electron chi connectivity index (χ4n) is 4.18. The molecule has 2 aliphatic rings. The molecular weight excluding hydrogens is 368 g/mol. The summed E-state index contributed by atoms with van der Waals surface area (Å²) in [5.41, 5.74) is 4.91. The lowest BCUT2D eigenvalue weighted by Crippen LogP contribution is -2.29. The molecule has 1 amide bonds. The van der Waals surface area contributed by atoms with Crippen molar-refractivity contribution in [3.63, 3.8) is 0 Å². The topological polar surface area (TPSA) is 82.2 Å². The molecule has 5 rings (SSSR count). The van der Waals surface area contributed by atoms with Gasteiger partial charge in [-0.2, -0.15) is 5.10 Å². The molecular formula is C22H24N4O3. The molecule has 150 valence electrons. The zero-order valence-corrected chi connectivity index (χ0v) is 16.5. The fourth-order valence-corrected chi connectivity index (χ4v) is 4.18. The maximum atomic E-state index is 12.7. The van der Waals surface area contributed by atoms with E-state index in [4.69, 9.17) is 14.3 Å². The van der Waals surface area contributed by atoms with Gasteiger partial charge in [0.1, 0.15) is 5.76 Å². The highest BCUT2D eigenvalue weighted by atomic mass is 16.5. The lowest BCUT2D eigenvalue weighted by molar-refractivity contribution is 0.0914. The number of amides is 1. The third-order valence-electron chi connectivity index (χ3n) is 5.75. The number of aromatic nitrogens is 3. The SMILES string of the molecule is Cc1c(C(=O)NC[C@H]2CCOC2)oc2c1-c1nn(Cc3ccccn3)cc1CC2. The van der Waals surface area contributed by atoms with E-state index in [1.54, 1.807) is 6.20 Å². The maximum absolute atomic E-state index is 12.7. The smallest absolute Gasteiger partial charge is 0.287 e. The molecule has 1 aliphatic heterocycles. The van der Waals surface area contributed by atoms with Crippen LogP contribution in [0.25, 0.3) is 11.3 Å². The third kappa shape index (κ3) is 3.46. The van der Waals surface area contributed by atoms with E-state index in [1.807, 2.05) is 29.8 Å². The van der Waals surface area contributed by atoms with Gasteiger partial charge >= 0.3 is 0 Å². The summed E-state index contributed by atoms with van der Waals surface area (Å²) in [7, 11) is 0. The van der Waals surface area contributed by atoms with Crippen LogP contribution in [0.4, 0.5) is 0 Å². The minimum atomic E-state index is -0.154. The lowest BCUT2D eigenvalue weighted by atomic mass is 9.93. The fraction of sp³-hybridized carbons (Fsp3) is 0.409. The van der Waals surface area contributed by atoms with Gasteiger partial charge < -0.3 is 14.5 Å². The molecule has 0 unspecified atom stereocenters. The van der Waals surface area contributed by atoms with E-state index in [-0.39, 0.29) is 5.91 Å². The number of hydrogen-bond donors (Lipinski definition) is 1. The van der Waals surface area contributed by atoms with Crippen LogP contribution < -0.4 is 5.32 Å². The molecule has 3 aromatic rings. The first-order chi connectivity index (χ1) is 14.2. The number of furan rings is 1. The van der Waals surface area contributed by atoms with E-state index in [2.05, 4.69) is 16.5 Å². The van der Waals surface area contributed by atoms with Gasteiger partial charge in [0, 0.05) is 49.0 Å². The summed E-state index contributed by atoms with van der Waals surface area (Å²) in [5, 5.41) is 7.80. The Morgan fingerprint density at radius 3 is 3.07 bits per heavy atom. The van der Waals surface area contributed by atoms with Crippen LogP contribution in [0.2, 0.25) is 0 Å². The maximum Gasteiger partial charge on any atom is 0.287 e. The predicted molar refractivity (Wildman–Crippen MR) is 107 cm³/mol. The van der Waals surface area contributed by atoms with E-state index in [9.17, 15) is 4.79 Å². The first-order valence-electron chi connectivity index (χ1n) is 10.1. The van der Waals surface area contributed by atoms with Crippen LogP contribution in [-0.2, 0) is 24.1 Å². The molecule has 1 fully saturated rings. The molecule has 1 aliphatic carbocycles. The highest BCUT2D eigenvalue weighted by Crippen LogP contribution is 2.38. The Balaban J connectivity index is 1.38. The van der Waals surface area contributed by atoms with Gasteiger partial charge in [-0.1, -0.05) is 6.07 Å². The van der Waals surface area contributed by atoms with Crippen molar-refractivity contribution in [1.29, 1.82) is 0 Å². The molecule has 4 heterocycles. The highest BCUT2D eigenvalue weighted by molar-refractivity contribution is 5.95. The van der Waals surface area contributed by atoms with Gasteiger partial charge in [-0.25, -0.2) is 0 Å². The molecule has 0 aromatic carbocycles. The number of pyridine rings is 1. The zero-order valence-electron chi connectivity index (χ0n) is 16.5. The average Bonchev–Trinajstić information content (AvgIpc) is 3.45.